The molecule has 4 heterocycles. The number of carbonyl (C=O) groups excluding carboxylic acids is 13. The van der Waals surface area contributed by atoms with E-state index in [0.717, 1.165) is 90.0 Å². The number of hydrogen-bond donors (Lipinski definition) is 2. The maximum absolute atomic E-state index is 13.5. The molecule has 2 N–H and O–H groups in total. The lowest BCUT2D eigenvalue weighted by atomic mass is 9.93. The molecule has 4 aliphatic rings. The van der Waals surface area contributed by atoms with Crippen LogP contribution in [0.15, 0.2) is 0 Å². The molecule has 472 valence electrons. The lowest BCUT2D eigenvalue weighted by Gasteiger charge is -2.51. The molecule has 4 aliphatic heterocycles. The molecule has 34 heteroatoms. The highest BCUT2D eigenvalue weighted by molar-refractivity contribution is 5.74. The van der Waals surface area contributed by atoms with Crippen molar-refractivity contribution in [1.82, 2.24) is 5.32 Å². The second-order valence-corrected chi connectivity index (χ2v) is 19.0. The van der Waals surface area contributed by atoms with E-state index in [4.69, 9.17) is 90.0 Å². The van der Waals surface area contributed by atoms with Crippen molar-refractivity contribution in [2.45, 2.75) is 213 Å². The molecule has 4 rings (SSSR count). The summed E-state index contributed by atoms with van der Waals surface area (Å²) in [7, 11) is 0. The molecule has 0 aliphatic carbocycles. The zero-order valence-corrected chi connectivity index (χ0v) is 47.9. The van der Waals surface area contributed by atoms with Crippen LogP contribution in [0.1, 0.15) is 90.0 Å². The third kappa shape index (κ3) is 20.5. The number of aliphatic hydroxyl groups is 1. The molecule has 0 bridgehead atoms. The van der Waals surface area contributed by atoms with Gasteiger partial charge in [-0.1, -0.05) is 0 Å². The van der Waals surface area contributed by atoms with Crippen LogP contribution in [0.25, 0.3) is 0 Å². The Kier molecular flexibility index (Phi) is 26.1. The van der Waals surface area contributed by atoms with Gasteiger partial charge >= 0.3 is 71.6 Å². The molecule has 0 aromatic heterocycles. The molecule has 20 atom stereocenters. The average molecular weight is 1210 g/mol. The Morgan fingerprint density at radius 1 is 0.298 bits per heavy atom. The van der Waals surface area contributed by atoms with E-state index in [9.17, 15) is 67.4 Å². The molecule has 0 spiro atoms. The summed E-state index contributed by atoms with van der Waals surface area (Å²) in [5.41, 5.74) is 0. The smallest absolute Gasteiger partial charge is 0.303 e. The number of hydrogen-bond acceptors (Lipinski definition) is 33. The van der Waals surface area contributed by atoms with Gasteiger partial charge < -0.3 is 100 Å². The van der Waals surface area contributed by atoms with E-state index < -0.39 is 227 Å². The van der Waals surface area contributed by atoms with Crippen LogP contribution in [0.4, 0.5) is 0 Å². The lowest BCUT2D eigenvalue weighted by Crippen LogP contribution is -2.71. The Balaban J connectivity index is 2.07. The maximum atomic E-state index is 13.5. The first-order valence-corrected chi connectivity index (χ1v) is 25.7. The minimum atomic E-state index is -2.20. The first kappa shape index (κ1) is 69.3. The van der Waals surface area contributed by atoms with E-state index >= 15 is 0 Å². The second kappa shape index (κ2) is 31.6. The molecule has 0 aromatic rings. The molecule has 34 nitrogen and oxygen atoms in total. The van der Waals surface area contributed by atoms with E-state index in [0.29, 0.717) is 0 Å². The van der Waals surface area contributed by atoms with Crippen LogP contribution in [0, 0.1) is 0 Å². The van der Waals surface area contributed by atoms with Gasteiger partial charge in [0.05, 0.1) is 0 Å². The van der Waals surface area contributed by atoms with Gasteiger partial charge in [-0.3, -0.25) is 62.3 Å². The summed E-state index contributed by atoms with van der Waals surface area (Å²) in [6.07, 6.45) is -37.1. The molecule has 4 saturated heterocycles. The third-order valence-electron chi connectivity index (χ3n) is 11.9. The van der Waals surface area contributed by atoms with Crippen molar-refractivity contribution in [3.63, 3.8) is 0 Å². The molecule has 0 radical (unpaired) electrons. The van der Waals surface area contributed by atoms with Crippen LogP contribution < -0.4 is 5.32 Å². The number of nitrogens with one attached hydrogen (secondary N) is 1. The Hall–Kier alpha value is -7.21. The van der Waals surface area contributed by atoms with Gasteiger partial charge in [0.2, 0.25) is 5.91 Å². The number of carbonyl (C=O) groups is 13. The van der Waals surface area contributed by atoms with Crippen LogP contribution in [-0.2, 0) is 152 Å². The molecule has 84 heavy (non-hydrogen) atoms. The monoisotopic (exact) mass is 1210 g/mol. The first-order valence-electron chi connectivity index (χ1n) is 25.7. The van der Waals surface area contributed by atoms with Gasteiger partial charge in [0.1, 0.15) is 75.2 Å². The number of esters is 12. The fourth-order valence-electron chi connectivity index (χ4n) is 9.16. The van der Waals surface area contributed by atoms with Gasteiger partial charge in [-0.15, -0.1) is 0 Å². The summed E-state index contributed by atoms with van der Waals surface area (Å²) in [5, 5.41) is 13.6. The third-order valence-corrected chi connectivity index (χ3v) is 11.9. The number of rotatable bonds is 23. The first-order chi connectivity index (χ1) is 39.3. The van der Waals surface area contributed by atoms with Gasteiger partial charge in [0.25, 0.3) is 0 Å². The Labute approximate surface area is 478 Å². The van der Waals surface area contributed by atoms with Gasteiger partial charge in [-0.2, -0.15) is 0 Å². The molecular weight excluding hydrogens is 1140 g/mol. The summed E-state index contributed by atoms with van der Waals surface area (Å²) in [5.74, 6) is -13.2. The quantitative estimate of drug-likeness (QED) is 0.0773. The Bertz CT molecular complexity index is 2410. The molecule has 1 amide bonds. The SMILES string of the molecule is CC(=O)N[C@H]1[C@H](O[C@H]2[C@@H](OC(C)=O)[C@@H](COC(C)=O)O[C@@H](O[C@H]3[C@H](OC(C)=O)[C@@H](OC(C)=O)[C@H](O)O[C@@H]3COC(C)=O)[C@@H]2OC(C)=O)O[C@H](COC(C)=O)[C@@H](OC(C)=O)[C@@H]1O[C@@H]1O[C@H](COC(C)=O)[C@H](OC(C)=O)[C@H](OC(C)=O)[C@H]1OC(C)=O. The van der Waals surface area contributed by atoms with Gasteiger partial charge in [0.15, 0.2) is 74.0 Å². The predicted molar refractivity (Wildman–Crippen MR) is 260 cm³/mol. The fourth-order valence-corrected chi connectivity index (χ4v) is 9.16. The second-order valence-electron chi connectivity index (χ2n) is 19.0. The van der Waals surface area contributed by atoms with Crippen molar-refractivity contribution >= 4 is 77.5 Å². The molecule has 4 fully saturated rings. The van der Waals surface area contributed by atoms with E-state index in [2.05, 4.69) is 5.32 Å². The van der Waals surface area contributed by atoms with Crippen LogP contribution in [-0.4, -0.2) is 232 Å². The Morgan fingerprint density at radius 3 is 0.917 bits per heavy atom. The molecular formula is C50H69NO33. The summed E-state index contributed by atoms with van der Waals surface area (Å²) in [6.45, 7) is 9.08. The van der Waals surface area contributed by atoms with E-state index in [1.165, 1.54) is 0 Å². The molecule has 0 aromatic carbocycles. The number of amides is 1. The molecule has 0 saturated carbocycles. The van der Waals surface area contributed by atoms with Crippen molar-refractivity contribution in [3.05, 3.63) is 0 Å². The van der Waals surface area contributed by atoms with Crippen molar-refractivity contribution in [3.8, 4) is 0 Å². The zero-order valence-electron chi connectivity index (χ0n) is 47.9. The highest BCUT2D eigenvalue weighted by atomic mass is 16.8. The summed E-state index contributed by atoms with van der Waals surface area (Å²) >= 11 is 0. The van der Waals surface area contributed by atoms with Crippen LogP contribution in [0.5, 0.6) is 0 Å². The summed E-state index contributed by atoms with van der Waals surface area (Å²) in [4.78, 5) is 166. The summed E-state index contributed by atoms with van der Waals surface area (Å²) in [6, 6.07) is -1.96. The van der Waals surface area contributed by atoms with Crippen molar-refractivity contribution in [1.29, 1.82) is 0 Å². The zero-order chi connectivity index (χ0) is 63.0. The van der Waals surface area contributed by atoms with Crippen LogP contribution >= 0.6 is 0 Å². The fraction of sp³-hybridized carbons (Fsp3) is 0.740. The largest absolute Gasteiger partial charge is 0.463 e. The van der Waals surface area contributed by atoms with E-state index in [1.54, 1.807) is 0 Å². The predicted octanol–water partition coefficient (Wildman–Crippen LogP) is -2.76. The van der Waals surface area contributed by atoms with Crippen molar-refractivity contribution in [2.24, 2.45) is 0 Å². The van der Waals surface area contributed by atoms with Crippen molar-refractivity contribution < 1.29 is 157 Å². The van der Waals surface area contributed by atoms with Crippen LogP contribution in [0.2, 0.25) is 0 Å². The highest BCUT2D eigenvalue weighted by Gasteiger charge is 2.61. The topological polar surface area (TPSA) is 430 Å². The Morgan fingerprint density at radius 2 is 0.560 bits per heavy atom. The summed E-state index contributed by atoms with van der Waals surface area (Å²) < 4.78 is 110. The highest BCUT2D eigenvalue weighted by Crippen LogP contribution is 2.39. The van der Waals surface area contributed by atoms with E-state index in [1.807, 2.05) is 0 Å². The van der Waals surface area contributed by atoms with Gasteiger partial charge in [-0.25, -0.2) is 0 Å². The minimum Gasteiger partial charge on any atom is -0.463 e. The maximum Gasteiger partial charge on any atom is 0.303 e. The van der Waals surface area contributed by atoms with E-state index in [-0.39, 0.29) is 0 Å². The minimum absolute atomic E-state index is 0.768. The van der Waals surface area contributed by atoms with Gasteiger partial charge in [-0.05, 0) is 0 Å². The average Bonchev–Trinajstić information content (AvgIpc) is 2.30. The lowest BCUT2D eigenvalue weighted by molar-refractivity contribution is -0.380. The number of aliphatic hydroxyl groups excluding tert-OH is 1. The van der Waals surface area contributed by atoms with Crippen LogP contribution in [0.3, 0.4) is 0 Å². The molecule has 0 unspecified atom stereocenters. The number of ether oxygens (including phenoxy) is 19. The standard InChI is InChI=1S/C50H69NO33/c1-18(52)51-35-40(83-50-45(76-29(12)63)42(74-27(10)61)37(71-24(7)58)33(81-50)16-68-21(4)55)36(70-23(6)57)32(15-67-20(3)54)79-48(35)84-43-38(72-25(8)59)34(17-69-22(5)56)80-49(46(43)77-30(13)64)82-39-31(14-66-19(2)53)78-47(65)44(75-28(11)62)41(39)73-26(9)60/h31-50,65H,14-17H2,1-13H3,(H,51,52)/t31-,32-,33-,34-,35-,36-,37+,38+,39-,40-,41+,42+,43+,44-,45-,46-,47-,48+,49+,50+/m1/s1. The normalized spacial score (nSPS) is 32.7. The van der Waals surface area contributed by atoms with Crippen molar-refractivity contribution in [2.75, 3.05) is 26.4 Å². The van der Waals surface area contributed by atoms with Gasteiger partial charge in [0, 0.05) is 90.0 Å².